The van der Waals surface area contributed by atoms with Crippen LogP contribution in [0.3, 0.4) is 0 Å². The van der Waals surface area contributed by atoms with Crippen molar-refractivity contribution in [3.63, 3.8) is 0 Å². The van der Waals surface area contributed by atoms with Crippen molar-refractivity contribution in [2.75, 3.05) is 25.0 Å². The zero-order chi connectivity index (χ0) is 13.5. The molecule has 19 heavy (non-hydrogen) atoms. The summed E-state index contributed by atoms with van der Waals surface area (Å²) < 4.78 is 5.59. The van der Waals surface area contributed by atoms with E-state index in [1.807, 2.05) is 13.0 Å². The Morgan fingerprint density at radius 3 is 2.84 bits per heavy atom. The fraction of sp³-hybridized carbons (Fsp3) is 0.533. The monoisotopic (exact) mass is 259 g/mol. The summed E-state index contributed by atoms with van der Waals surface area (Å²) in [5.41, 5.74) is 9.21. The van der Waals surface area contributed by atoms with Gasteiger partial charge in [-0.2, -0.15) is 0 Å². The van der Waals surface area contributed by atoms with Gasteiger partial charge in [-0.25, -0.2) is 4.98 Å². The van der Waals surface area contributed by atoms with E-state index in [9.17, 15) is 0 Å². The van der Waals surface area contributed by atoms with Crippen molar-refractivity contribution in [3.8, 4) is 0 Å². The summed E-state index contributed by atoms with van der Waals surface area (Å²) in [5.74, 6) is 0.715. The second kappa shape index (κ2) is 4.53. The maximum absolute atomic E-state index is 5.93. The van der Waals surface area contributed by atoms with E-state index in [-0.39, 0.29) is 0 Å². The minimum atomic E-state index is 0.320. The SMILES string of the molecule is Cc1nc2ccc(N(C)CC3(CN)CCC3)cc2o1. The van der Waals surface area contributed by atoms with Crippen molar-refractivity contribution in [3.05, 3.63) is 24.1 Å². The molecule has 0 radical (unpaired) electrons. The van der Waals surface area contributed by atoms with Gasteiger partial charge in [-0.3, -0.25) is 0 Å². The standard InChI is InChI=1S/C15H21N3O/c1-11-17-13-5-4-12(8-14(13)19-11)18(2)10-15(9-16)6-3-7-15/h4-5,8H,3,6-7,9-10,16H2,1-2H3. The van der Waals surface area contributed by atoms with Gasteiger partial charge in [0, 0.05) is 37.7 Å². The molecule has 1 fully saturated rings. The predicted molar refractivity (Wildman–Crippen MR) is 77.4 cm³/mol. The molecule has 0 aliphatic heterocycles. The lowest BCUT2D eigenvalue weighted by Crippen LogP contribution is -2.46. The van der Waals surface area contributed by atoms with Gasteiger partial charge in [0.15, 0.2) is 11.5 Å². The molecule has 4 heteroatoms. The van der Waals surface area contributed by atoms with Gasteiger partial charge in [0.1, 0.15) is 5.52 Å². The van der Waals surface area contributed by atoms with Gasteiger partial charge in [-0.05, 0) is 31.5 Å². The first-order chi connectivity index (χ1) is 9.12. The summed E-state index contributed by atoms with van der Waals surface area (Å²) in [7, 11) is 2.13. The van der Waals surface area contributed by atoms with Gasteiger partial charge in [0.2, 0.25) is 0 Å². The summed E-state index contributed by atoms with van der Waals surface area (Å²) in [4.78, 5) is 6.61. The Kier molecular flexibility index (Phi) is 2.97. The Balaban J connectivity index is 1.82. The number of fused-ring (bicyclic) bond motifs is 1. The van der Waals surface area contributed by atoms with Gasteiger partial charge in [-0.1, -0.05) is 6.42 Å². The van der Waals surface area contributed by atoms with Crippen LogP contribution in [0.15, 0.2) is 22.6 Å². The number of rotatable bonds is 4. The van der Waals surface area contributed by atoms with E-state index in [1.54, 1.807) is 0 Å². The molecule has 2 N–H and O–H groups in total. The fourth-order valence-electron chi connectivity index (χ4n) is 2.96. The first kappa shape index (κ1) is 12.5. The quantitative estimate of drug-likeness (QED) is 0.917. The molecule has 0 bridgehead atoms. The molecule has 0 amide bonds. The molecule has 1 aromatic heterocycles. The summed E-state index contributed by atoms with van der Waals surface area (Å²) in [6.45, 7) is 3.67. The zero-order valence-corrected chi connectivity index (χ0v) is 11.6. The maximum atomic E-state index is 5.93. The van der Waals surface area contributed by atoms with Crippen LogP contribution in [0.2, 0.25) is 0 Å². The van der Waals surface area contributed by atoms with Gasteiger partial charge in [-0.15, -0.1) is 0 Å². The Bertz CT molecular complexity index is 581. The molecule has 0 unspecified atom stereocenters. The highest BCUT2D eigenvalue weighted by atomic mass is 16.3. The topological polar surface area (TPSA) is 55.3 Å². The highest BCUT2D eigenvalue weighted by molar-refractivity contribution is 5.77. The molecule has 1 heterocycles. The number of anilines is 1. The normalized spacial score (nSPS) is 17.4. The first-order valence-corrected chi connectivity index (χ1v) is 6.90. The lowest BCUT2D eigenvalue weighted by Gasteiger charge is -2.44. The Morgan fingerprint density at radius 2 is 2.21 bits per heavy atom. The number of nitrogens with zero attached hydrogens (tertiary/aromatic N) is 2. The lowest BCUT2D eigenvalue weighted by molar-refractivity contribution is 0.154. The Hall–Kier alpha value is -1.55. The predicted octanol–water partition coefficient (Wildman–Crippen LogP) is 2.70. The van der Waals surface area contributed by atoms with E-state index in [1.165, 1.54) is 24.9 Å². The van der Waals surface area contributed by atoms with Crippen LogP contribution in [0.1, 0.15) is 25.2 Å². The molecule has 2 aromatic rings. The van der Waals surface area contributed by atoms with Crippen molar-refractivity contribution in [1.29, 1.82) is 0 Å². The van der Waals surface area contributed by atoms with E-state index < -0.39 is 0 Å². The third kappa shape index (κ3) is 2.21. The summed E-state index contributed by atoms with van der Waals surface area (Å²) >= 11 is 0. The molecule has 1 saturated carbocycles. The van der Waals surface area contributed by atoms with E-state index in [0.29, 0.717) is 11.3 Å². The number of hydrogen-bond donors (Lipinski definition) is 1. The molecule has 0 spiro atoms. The largest absolute Gasteiger partial charge is 0.441 e. The molecule has 0 saturated heterocycles. The highest BCUT2D eigenvalue weighted by Crippen LogP contribution is 2.41. The molecular weight excluding hydrogens is 238 g/mol. The molecule has 1 aliphatic carbocycles. The van der Waals surface area contributed by atoms with Crippen LogP contribution < -0.4 is 10.6 Å². The molecule has 3 rings (SSSR count). The smallest absolute Gasteiger partial charge is 0.192 e. The number of hydrogen-bond acceptors (Lipinski definition) is 4. The van der Waals surface area contributed by atoms with Gasteiger partial charge in [0.25, 0.3) is 0 Å². The number of nitrogens with two attached hydrogens (primary N) is 1. The van der Waals surface area contributed by atoms with Crippen molar-refractivity contribution in [2.24, 2.45) is 11.1 Å². The van der Waals surface area contributed by atoms with E-state index in [4.69, 9.17) is 10.2 Å². The Morgan fingerprint density at radius 1 is 1.42 bits per heavy atom. The van der Waals surface area contributed by atoms with E-state index >= 15 is 0 Å². The van der Waals surface area contributed by atoms with Gasteiger partial charge < -0.3 is 15.1 Å². The molecule has 1 aliphatic rings. The minimum absolute atomic E-state index is 0.320. The van der Waals surface area contributed by atoms with Crippen LogP contribution in [0, 0.1) is 12.3 Å². The van der Waals surface area contributed by atoms with Crippen molar-refractivity contribution >= 4 is 16.8 Å². The van der Waals surface area contributed by atoms with Crippen molar-refractivity contribution < 1.29 is 4.42 Å². The third-order valence-electron chi connectivity index (χ3n) is 4.34. The number of oxazole rings is 1. The summed E-state index contributed by atoms with van der Waals surface area (Å²) in [6, 6.07) is 6.19. The third-order valence-corrected chi connectivity index (χ3v) is 4.34. The van der Waals surface area contributed by atoms with Crippen LogP contribution in [0.25, 0.3) is 11.1 Å². The van der Waals surface area contributed by atoms with E-state index in [0.717, 1.165) is 24.2 Å². The van der Waals surface area contributed by atoms with Crippen molar-refractivity contribution in [1.82, 2.24) is 4.98 Å². The number of aryl methyl sites for hydroxylation is 1. The maximum Gasteiger partial charge on any atom is 0.192 e. The average Bonchev–Trinajstić information content (AvgIpc) is 2.72. The second-order valence-electron chi connectivity index (χ2n) is 5.80. The van der Waals surface area contributed by atoms with Crippen LogP contribution >= 0.6 is 0 Å². The fourth-order valence-corrected chi connectivity index (χ4v) is 2.96. The Labute approximate surface area is 113 Å². The minimum Gasteiger partial charge on any atom is -0.441 e. The number of aromatic nitrogens is 1. The van der Waals surface area contributed by atoms with Gasteiger partial charge in [0.05, 0.1) is 0 Å². The molecule has 4 nitrogen and oxygen atoms in total. The van der Waals surface area contributed by atoms with Crippen molar-refractivity contribution in [2.45, 2.75) is 26.2 Å². The first-order valence-electron chi connectivity index (χ1n) is 6.90. The molecule has 102 valence electrons. The molecule has 0 atom stereocenters. The highest BCUT2D eigenvalue weighted by Gasteiger charge is 2.36. The van der Waals surface area contributed by atoms with Crippen LogP contribution in [0.4, 0.5) is 5.69 Å². The number of benzene rings is 1. The van der Waals surface area contributed by atoms with Crippen LogP contribution in [-0.4, -0.2) is 25.1 Å². The van der Waals surface area contributed by atoms with Gasteiger partial charge >= 0.3 is 0 Å². The average molecular weight is 259 g/mol. The van der Waals surface area contributed by atoms with Crippen LogP contribution in [-0.2, 0) is 0 Å². The lowest BCUT2D eigenvalue weighted by atomic mass is 9.68. The molecule has 1 aromatic carbocycles. The zero-order valence-electron chi connectivity index (χ0n) is 11.6. The van der Waals surface area contributed by atoms with Crippen LogP contribution in [0.5, 0.6) is 0 Å². The van der Waals surface area contributed by atoms with E-state index in [2.05, 4.69) is 29.1 Å². The summed E-state index contributed by atoms with van der Waals surface area (Å²) in [6.07, 6.45) is 3.81. The molecular formula is C15H21N3O. The summed E-state index contributed by atoms with van der Waals surface area (Å²) in [5, 5.41) is 0. The second-order valence-corrected chi connectivity index (χ2v) is 5.80.